The Morgan fingerprint density at radius 3 is 1.90 bits per heavy atom. The first-order chi connectivity index (χ1) is 9.82. The topological polar surface area (TPSA) is 32.3 Å². The number of nitrogens with one attached hydrogen (secondary N) is 1. The van der Waals surface area contributed by atoms with Gasteiger partial charge in [-0.2, -0.15) is 0 Å². The maximum atomic E-state index is 13.4. The van der Waals surface area contributed by atoms with Crippen molar-refractivity contribution in [1.82, 2.24) is 0 Å². The molecule has 2 N–H and O–H groups in total. The molecule has 0 saturated heterocycles. The summed E-state index contributed by atoms with van der Waals surface area (Å²) in [6, 6.07) is 2.79. The summed E-state index contributed by atoms with van der Waals surface area (Å²) in [5.74, 6) is -11.7. The van der Waals surface area contributed by atoms with E-state index in [4.69, 9.17) is 0 Å². The summed E-state index contributed by atoms with van der Waals surface area (Å²) in [4.78, 5) is 0. The van der Waals surface area contributed by atoms with E-state index in [9.17, 15) is 31.4 Å². The molecule has 0 unspecified atom stereocenters. The minimum atomic E-state index is -2.27. The lowest BCUT2D eigenvalue weighted by Crippen LogP contribution is -2.10. The van der Waals surface area contributed by atoms with Gasteiger partial charge in [0.1, 0.15) is 17.3 Å². The highest BCUT2D eigenvalue weighted by Gasteiger charge is 2.25. The summed E-state index contributed by atoms with van der Waals surface area (Å²) in [7, 11) is 0. The van der Waals surface area contributed by atoms with Crippen molar-refractivity contribution in [3.05, 3.63) is 58.7 Å². The first-order valence-corrected chi connectivity index (χ1v) is 5.55. The molecule has 112 valence electrons. The smallest absolute Gasteiger partial charge is 0.200 e. The quantitative estimate of drug-likeness (QED) is 0.513. The van der Waals surface area contributed by atoms with Crippen LogP contribution in [0.3, 0.4) is 0 Å². The zero-order chi connectivity index (χ0) is 15.7. The molecule has 2 nitrogen and oxygen atoms in total. The number of hydrogen-bond donors (Lipinski definition) is 2. The molecule has 0 aliphatic heterocycles. The Balaban J connectivity index is 2.35. The summed E-state index contributed by atoms with van der Waals surface area (Å²) in [6.45, 7) is -0.540. The van der Waals surface area contributed by atoms with Gasteiger partial charge in [0.2, 0.25) is 5.82 Å². The van der Waals surface area contributed by atoms with Gasteiger partial charge in [0, 0.05) is 12.1 Å². The fraction of sp³-hybridized carbons (Fsp3) is 0.0769. The van der Waals surface area contributed by atoms with Crippen LogP contribution in [0.25, 0.3) is 0 Å². The van der Waals surface area contributed by atoms with Gasteiger partial charge in [0.15, 0.2) is 23.3 Å². The summed E-state index contributed by atoms with van der Waals surface area (Å²) in [5, 5.41) is 11.4. The molecule has 8 heteroatoms. The van der Waals surface area contributed by atoms with Crippen LogP contribution in [0.4, 0.5) is 32.0 Å². The van der Waals surface area contributed by atoms with Crippen LogP contribution in [0.15, 0.2) is 18.2 Å². The second-order valence-electron chi connectivity index (χ2n) is 4.07. The molecule has 0 heterocycles. The van der Waals surface area contributed by atoms with Gasteiger partial charge in [-0.1, -0.05) is 0 Å². The van der Waals surface area contributed by atoms with Crippen molar-refractivity contribution in [2.75, 3.05) is 5.32 Å². The van der Waals surface area contributed by atoms with Crippen LogP contribution in [-0.2, 0) is 6.54 Å². The average Bonchev–Trinajstić information content (AvgIpc) is 2.46. The highest BCUT2D eigenvalue weighted by atomic mass is 19.2. The van der Waals surface area contributed by atoms with E-state index in [0.717, 1.165) is 18.2 Å². The molecule has 21 heavy (non-hydrogen) atoms. The van der Waals surface area contributed by atoms with Crippen molar-refractivity contribution in [3.8, 4) is 5.75 Å². The van der Waals surface area contributed by atoms with Crippen LogP contribution in [0.5, 0.6) is 5.75 Å². The van der Waals surface area contributed by atoms with E-state index in [1.54, 1.807) is 0 Å². The lowest BCUT2D eigenvalue weighted by Gasteiger charge is -2.11. The molecule has 2 rings (SSSR count). The third-order valence-electron chi connectivity index (χ3n) is 2.71. The monoisotopic (exact) mass is 307 g/mol. The van der Waals surface area contributed by atoms with Gasteiger partial charge in [-0.15, -0.1) is 0 Å². The van der Waals surface area contributed by atoms with E-state index in [1.807, 2.05) is 5.32 Å². The average molecular weight is 307 g/mol. The Morgan fingerprint density at radius 1 is 0.810 bits per heavy atom. The normalized spacial score (nSPS) is 10.8. The number of phenolic OH excluding ortho intramolecular Hbond substituents is 1. The Kier molecular flexibility index (Phi) is 3.97. The van der Waals surface area contributed by atoms with Crippen molar-refractivity contribution in [3.63, 3.8) is 0 Å². The number of halogens is 6. The summed E-state index contributed by atoms with van der Waals surface area (Å²) in [5.41, 5.74) is -1.37. The van der Waals surface area contributed by atoms with E-state index in [2.05, 4.69) is 0 Å². The summed E-state index contributed by atoms with van der Waals surface area (Å²) < 4.78 is 78.4. The van der Waals surface area contributed by atoms with Crippen molar-refractivity contribution in [2.45, 2.75) is 6.54 Å². The van der Waals surface area contributed by atoms with Crippen LogP contribution in [-0.4, -0.2) is 5.11 Å². The number of benzene rings is 2. The first-order valence-electron chi connectivity index (χ1n) is 5.55. The number of aromatic hydroxyl groups is 1. The molecular formula is C13H7F6NO. The predicted molar refractivity (Wildman–Crippen MR) is 61.6 cm³/mol. The second kappa shape index (κ2) is 5.55. The van der Waals surface area contributed by atoms with Crippen molar-refractivity contribution in [2.24, 2.45) is 0 Å². The maximum absolute atomic E-state index is 13.4. The number of hydrogen-bond acceptors (Lipinski definition) is 2. The van der Waals surface area contributed by atoms with Crippen LogP contribution in [0.1, 0.15) is 5.56 Å². The highest BCUT2D eigenvalue weighted by molar-refractivity contribution is 5.49. The lowest BCUT2D eigenvalue weighted by atomic mass is 10.2. The Labute approximate surface area is 114 Å². The van der Waals surface area contributed by atoms with Gasteiger partial charge < -0.3 is 10.4 Å². The molecule has 0 spiro atoms. The van der Waals surface area contributed by atoms with Gasteiger partial charge in [-0.25, -0.2) is 26.3 Å². The van der Waals surface area contributed by atoms with E-state index in [-0.39, 0.29) is 5.56 Å². The summed E-state index contributed by atoms with van der Waals surface area (Å²) in [6.07, 6.45) is 0. The van der Waals surface area contributed by atoms with Crippen molar-refractivity contribution < 1.29 is 31.4 Å². The Hall–Kier alpha value is -2.38. The van der Waals surface area contributed by atoms with Gasteiger partial charge in [0.25, 0.3) is 0 Å². The zero-order valence-electron chi connectivity index (χ0n) is 10.2. The third kappa shape index (κ3) is 2.74. The Bertz CT molecular complexity index is 675. The van der Waals surface area contributed by atoms with Gasteiger partial charge in [-0.05, 0) is 18.2 Å². The lowest BCUT2D eigenvalue weighted by molar-refractivity contribution is 0.381. The summed E-state index contributed by atoms with van der Waals surface area (Å²) >= 11 is 0. The minimum absolute atomic E-state index is 0.112. The SMILES string of the molecule is Oc1ccc(F)cc1CNc1c(F)c(F)c(F)c(F)c1F. The van der Waals surface area contributed by atoms with Gasteiger partial charge >= 0.3 is 0 Å². The molecule has 2 aromatic carbocycles. The molecule has 0 aromatic heterocycles. The number of phenols is 1. The third-order valence-corrected chi connectivity index (χ3v) is 2.71. The fourth-order valence-electron chi connectivity index (χ4n) is 1.64. The molecule has 0 saturated carbocycles. The van der Waals surface area contributed by atoms with Gasteiger partial charge in [0.05, 0.1) is 0 Å². The Morgan fingerprint density at radius 2 is 1.33 bits per heavy atom. The zero-order valence-corrected chi connectivity index (χ0v) is 10.2. The van der Waals surface area contributed by atoms with E-state index in [0.29, 0.717) is 0 Å². The van der Waals surface area contributed by atoms with Crippen molar-refractivity contribution in [1.29, 1.82) is 0 Å². The minimum Gasteiger partial charge on any atom is -0.508 e. The van der Waals surface area contributed by atoms with Crippen LogP contribution in [0.2, 0.25) is 0 Å². The molecule has 0 amide bonds. The molecule has 0 atom stereocenters. The van der Waals surface area contributed by atoms with E-state index >= 15 is 0 Å². The first kappa shape index (κ1) is 15.0. The van der Waals surface area contributed by atoms with Gasteiger partial charge in [-0.3, -0.25) is 0 Å². The highest BCUT2D eigenvalue weighted by Crippen LogP contribution is 2.28. The van der Waals surface area contributed by atoms with Crippen LogP contribution in [0, 0.1) is 34.9 Å². The van der Waals surface area contributed by atoms with E-state index in [1.165, 1.54) is 0 Å². The van der Waals surface area contributed by atoms with E-state index < -0.39 is 52.9 Å². The standard InChI is InChI=1S/C13H7F6NO/c14-6-1-2-7(21)5(3-6)4-20-13-11(18)9(16)8(15)10(17)12(13)19/h1-3,20-21H,4H2. The largest absolute Gasteiger partial charge is 0.508 e. The molecule has 0 radical (unpaired) electrons. The van der Waals surface area contributed by atoms with Crippen LogP contribution >= 0.6 is 0 Å². The fourth-order valence-corrected chi connectivity index (χ4v) is 1.64. The molecular weight excluding hydrogens is 300 g/mol. The molecule has 0 bridgehead atoms. The number of rotatable bonds is 3. The number of anilines is 1. The molecule has 0 fully saturated rings. The molecule has 0 aliphatic carbocycles. The predicted octanol–water partition coefficient (Wildman–Crippen LogP) is 3.84. The van der Waals surface area contributed by atoms with Crippen LogP contribution < -0.4 is 5.32 Å². The molecule has 2 aromatic rings. The van der Waals surface area contributed by atoms with Crippen molar-refractivity contribution >= 4 is 5.69 Å². The maximum Gasteiger partial charge on any atom is 0.200 e. The second-order valence-corrected chi connectivity index (χ2v) is 4.07. The molecule has 0 aliphatic rings.